The van der Waals surface area contributed by atoms with Gasteiger partial charge in [0.2, 0.25) is 11.7 Å². The standard InChI is InChI=1S/C23H25N3O3/c1-16(2)14-21(27)26-13-12-18(15-26)28-20-11-7-6-10-19(20)23-24-22(25-29-23)17-8-4-3-5-9-17/h3-11,16,18H,12-15H2,1-2H3. The fourth-order valence-electron chi connectivity index (χ4n) is 3.49. The molecule has 1 saturated heterocycles. The van der Waals surface area contributed by atoms with Crippen LogP contribution in [0.15, 0.2) is 59.1 Å². The van der Waals surface area contributed by atoms with Crippen LogP contribution in [0.4, 0.5) is 0 Å². The van der Waals surface area contributed by atoms with Crippen LogP contribution in [0.25, 0.3) is 22.8 Å². The van der Waals surface area contributed by atoms with Crippen molar-refractivity contribution in [1.29, 1.82) is 0 Å². The molecule has 2 heterocycles. The molecule has 1 atom stereocenters. The van der Waals surface area contributed by atoms with Gasteiger partial charge in [-0.25, -0.2) is 0 Å². The van der Waals surface area contributed by atoms with Crippen molar-refractivity contribution in [3.8, 4) is 28.6 Å². The fraction of sp³-hybridized carbons (Fsp3) is 0.348. The first-order chi connectivity index (χ1) is 14.1. The van der Waals surface area contributed by atoms with Crippen molar-refractivity contribution >= 4 is 5.91 Å². The number of carbonyl (C=O) groups excluding carboxylic acids is 1. The van der Waals surface area contributed by atoms with Crippen LogP contribution >= 0.6 is 0 Å². The maximum atomic E-state index is 12.3. The quantitative estimate of drug-likeness (QED) is 0.622. The number of carbonyl (C=O) groups is 1. The summed E-state index contributed by atoms with van der Waals surface area (Å²) in [5, 5.41) is 4.10. The highest BCUT2D eigenvalue weighted by molar-refractivity contribution is 5.76. The van der Waals surface area contributed by atoms with Crippen molar-refractivity contribution in [2.75, 3.05) is 13.1 Å². The number of nitrogens with zero attached hydrogens (tertiary/aromatic N) is 3. The Morgan fingerprint density at radius 1 is 1.17 bits per heavy atom. The molecule has 1 aliphatic rings. The number of para-hydroxylation sites is 1. The van der Waals surface area contributed by atoms with Crippen LogP contribution in [0.5, 0.6) is 5.75 Å². The van der Waals surface area contributed by atoms with E-state index < -0.39 is 0 Å². The molecule has 0 bridgehead atoms. The van der Waals surface area contributed by atoms with Crippen LogP contribution in [-0.2, 0) is 4.79 Å². The van der Waals surface area contributed by atoms with Gasteiger partial charge in [0.25, 0.3) is 5.89 Å². The number of amides is 1. The molecule has 1 fully saturated rings. The van der Waals surface area contributed by atoms with Crippen LogP contribution in [0.2, 0.25) is 0 Å². The number of hydrogen-bond donors (Lipinski definition) is 0. The van der Waals surface area contributed by atoms with E-state index in [0.717, 1.165) is 24.1 Å². The van der Waals surface area contributed by atoms with Crippen LogP contribution in [-0.4, -0.2) is 40.1 Å². The first-order valence-corrected chi connectivity index (χ1v) is 10.0. The minimum atomic E-state index is -0.0382. The van der Waals surface area contributed by atoms with E-state index in [0.29, 0.717) is 36.3 Å². The molecular formula is C23H25N3O3. The van der Waals surface area contributed by atoms with E-state index >= 15 is 0 Å². The van der Waals surface area contributed by atoms with E-state index in [-0.39, 0.29) is 12.0 Å². The molecule has 0 spiro atoms. The third kappa shape index (κ3) is 4.47. The summed E-state index contributed by atoms with van der Waals surface area (Å²) in [4.78, 5) is 18.8. The SMILES string of the molecule is CC(C)CC(=O)N1CCC(Oc2ccccc2-c2nc(-c3ccccc3)no2)C1. The molecule has 1 amide bonds. The van der Waals surface area contributed by atoms with E-state index in [1.54, 1.807) is 0 Å². The van der Waals surface area contributed by atoms with E-state index in [1.165, 1.54) is 0 Å². The molecule has 6 heteroatoms. The molecule has 3 aromatic rings. The smallest absolute Gasteiger partial charge is 0.262 e. The average molecular weight is 391 g/mol. The molecule has 1 aromatic heterocycles. The van der Waals surface area contributed by atoms with Gasteiger partial charge in [-0.1, -0.05) is 61.5 Å². The molecule has 0 radical (unpaired) electrons. The van der Waals surface area contributed by atoms with Gasteiger partial charge in [-0.05, 0) is 18.1 Å². The van der Waals surface area contributed by atoms with Gasteiger partial charge in [-0.2, -0.15) is 4.98 Å². The normalized spacial score (nSPS) is 16.4. The first-order valence-electron chi connectivity index (χ1n) is 10.0. The number of benzene rings is 2. The van der Waals surface area contributed by atoms with E-state index in [2.05, 4.69) is 24.0 Å². The molecule has 0 saturated carbocycles. The predicted molar refractivity (Wildman–Crippen MR) is 110 cm³/mol. The summed E-state index contributed by atoms with van der Waals surface area (Å²) in [6, 6.07) is 17.4. The van der Waals surface area contributed by atoms with Gasteiger partial charge in [-0.15, -0.1) is 0 Å². The third-order valence-electron chi connectivity index (χ3n) is 4.95. The molecule has 1 unspecified atom stereocenters. The lowest BCUT2D eigenvalue weighted by Gasteiger charge is -2.19. The highest BCUT2D eigenvalue weighted by Gasteiger charge is 2.28. The van der Waals surface area contributed by atoms with Gasteiger partial charge in [0.05, 0.1) is 12.1 Å². The average Bonchev–Trinajstić information content (AvgIpc) is 3.39. The summed E-state index contributed by atoms with van der Waals surface area (Å²) < 4.78 is 11.7. The highest BCUT2D eigenvalue weighted by Crippen LogP contribution is 2.32. The topological polar surface area (TPSA) is 68.5 Å². The van der Waals surface area contributed by atoms with Crippen LogP contribution in [0.1, 0.15) is 26.7 Å². The number of likely N-dealkylation sites (tertiary alicyclic amines) is 1. The van der Waals surface area contributed by atoms with Crippen molar-refractivity contribution in [3.63, 3.8) is 0 Å². The third-order valence-corrected chi connectivity index (χ3v) is 4.95. The van der Waals surface area contributed by atoms with Gasteiger partial charge in [-0.3, -0.25) is 4.79 Å². The van der Waals surface area contributed by atoms with Gasteiger partial charge in [0, 0.05) is 24.9 Å². The summed E-state index contributed by atoms with van der Waals surface area (Å²) in [6.45, 7) is 5.47. The fourth-order valence-corrected chi connectivity index (χ4v) is 3.49. The lowest BCUT2D eigenvalue weighted by molar-refractivity contribution is -0.131. The molecule has 29 heavy (non-hydrogen) atoms. The maximum Gasteiger partial charge on any atom is 0.262 e. The highest BCUT2D eigenvalue weighted by atomic mass is 16.5. The first kappa shape index (κ1) is 19.2. The molecule has 0 N–H and O–H groups in total. The van der Waals surface area contributed by atoms with Crippen LogP contribution in [0, 0.1) is 5.92 Å². The van der Waals surface area contributed by atoms with Crippen LogP contribution < -0.4 is 4.74 Å². The van der Waals surface area contributed by atoms with Crippen molar-refractivity contribution in [1.82, 2.24) is 15.0 Å². The molecule has 150 valence electrons. The second-order valence-corrected chi connectivity index (χ2v) is 7.75. The Balaban J connectivity index is 1.49. The van der Waals surface area contributed by atoms with E-state index in [1.807, 2.05) is 59.5 Å². The van der Waals surface area contributed by atoms with E-state index in [4.69, 9.17) is 9.26 Å². The minimum Gasteiger partial charge on any atom is -0.488 e. The molecule has 1 aliphatic heterocycles. The number of aromatic nitrogens is 2. The van der Waals surface area contributed by atoms with Gasteiger partial charge in [0.15, 0.2) is 0 Å². The monoisotopic (exact) mass is 391 g/mol. The number of rotatable bonds is 6. The predicted octanol–water partition coefficient (Wildman–Crippen LogP) is 4.43. The molecule has 4 rings (SSSR count). The van der Waals surface area contributed by atoms with Crippen molar-refractivity contribution in [2.24, 2.45) is 5.92 Å². The summed E-state index contributed by atoms with van der Waals surface area (Å²) in [5.74, 6) is 2.22. The number of ether oxygens (including phenoxy) is 1. The van der Waals surface area contributed by atoms with Gasteiger partial charge >= 0.3 is 0 Å². The second-order valence-electron chi connectivity index (χ2n) is 7.75. The summed E-state index contributed by atoms with van der Waals surface area (Å²) in [7, 11) is 0. The summed E-state index contributed by atoms with van der Waals surface area (Å²) in [5.41, 5.74) is 1.66. The second kappa shape index (κ2) is 8.47. The van der Waals surface area contributed by atoms with Gasteiger partial charge in [0.1, 0.15) is 11.9 Å². The summed E-state index contributed by atoms with van der Waals surface area (Å²) in [6.07, 6.45) is 1.36. The largest absolute Gasteiger partial charge is 0.488 e. The van der Waals surface area contributed by atoms with E-state index in [9.17, 15) is 4.79 Å². The van der Waals surface area contributed by atoms with Crippen molar-refractivity contribution < 1.29 is 14.1 Å². The van der Waals surface area contributed by atoms with Crippen LogP contribution in [0.3, 0.4) is 0 Å². The maximum absolute atomic E-state index is 12.3. The van der Waals surface area contributed by atoms with Crippen molar-refractivity contribution in [3.05, 3.63) is 54.6 Å². The lowest BCUT2D eigenvalue weighted by Crippen LogP contribution is -2.31. The Labute approximate surface area is 170 Å². The van der Waals surface area contributed by atoms with Gasteiger partial charge < -0.3 is 14.2 Å². The summed E-state index contributed by atoms with van der Waals surface area (Å²) >= 11 is 0. The minimum absolute atomic E-state index is 0.0382. The molecule has 2 aromatic carbocycles. The Kier molecular flexibility index (Phi) is 5.60. The zero-order valence-corrected chi connectivity index (χ0v) is 16.7. The van der Waals surface area contributed by atoms with Crippen molar-refractivity contribution in [2.45, 2.75) is 32.8 Å². The molecule has 0 aliphatic carbocycles. The Morgan fingerprint density at radius 3 is 2.72 bits per heavy atom. The number of hydrogen-bond acceptors (Lipinski definition) is 5. The Hall–Kier alpha value is -3.15. The zero-order chi connectivity index (χ0) is 20.2. The lowest BCUT2D eigenvalue weighted by atomic mass is 10.1. The zero-order valence-electron chi connectivity index (χ0n) is 16.7. The molecular weight excluding hydrogens is 366 g/mol. The molecule has 6 nitrogen and oxygen atoms in total. The Bertz CT molecular complexity index is 968. The Morgan fingerprint density at radius 2 is 1.93 bits per heavy atom.